The van der Waals surface area contributed by atoms with Crippen LogP contribution in [0.2, 0.25) is 0 Å². The van der Waals surface area contributed by atoms with Crippen LogP contribution in [-0.2, 0) is 19.1 Å². The number of fused-ring (bicyclic) bond motifs is 3. The summed E-state index contributed by atoms with van der Waals surface area (Å²) in [5.74, 6) is -0.484. The Bertz CT molecular complexity index is 989. The summed E-state index contributed by atoms with van der Waals surface area (Å²) in [6, 6.07) is 0. The highest BCUT2D eigenvalue weighted by Crippen LogP contribution is 2.68. The van der Waals surface area contributed by atoms with Gasteiger partial charge in [0.2, 0.25) is 0 Å². The van der Waals surface area contributed by atoms with Crippen molar-refractivity contribution >= 4 is 17.3 Å². The van der Waals surface area contributed by atoms with Crippen molar-refractivity contribution in [2.45, 2.75) is 119 Å². The van der Waals surface area contributed by atoms with Gasteiger partial charge >= 0.3 is 0 Å². The maximum absolute atomic E-state index is 14.7. The third kappa shape index (κ3) is 4.23. The molecular weight excluding hydrogens is 452 g/mol. The second kappa shape index (κ2) is 9.53. The van der Waals surface area contributed by atoms with Gasteiger partial charge in [-0.05, 0) is 71.1 Å². The Labute approximate surface area is 218 Å². The van der Waals surface area contributed by atoms with Crippen molar-refractivity contribution in [2.24, 2.45) is 34.0 Å². The fourth-order valence-electron chi connectivity index (χ4n) is 7.09. The van der Waals surface area contributed by atoms with Gasteiger partial charge in [0.25, 0.3) is 0 Å². The quantitative estimate of drug-likeness (QED) is 0.293. The van der Waals surface area contributed by atoms with Crippen LogP contribution in [-0.4, -0.2) is 34.2 Å². The van der Waals surface area contributed by atoms with E-state index in [1.807, 2.05) is 13.8 Å². The molecule has 0 aromatic heterocycles. The fraction of sp³-hybridized carbons (Fsp3) is 0.774. The molecule has 2 aliphatic carbocycles. The Hall–Kier alpha value is -1.75. The van der Waals surface area contributed by atoms with E-state index in [9.17, 15) is 19.5 Å². The van der Waals surface area contributed by atoms with Gasteiger partial charge < -0.3 is 9.84 Å². The van der Waals surface area contributed by atoms with E-state index in [2.05, 4.69) is 33.8 Å². The van der Waals surface area contributed by atoms with Crippen molar-refractivity contribution in [1.82, 2.24) is 0 Å². The fourth-order valence-corrected chi connectivity index (χ4v) is 7.09. The molecule has 0 saturated heterocycles. The maximum atomic E-state index is 14.7. The van der Waals surface area contributed by atoms with Crippen LogP contribution >= 0.6 is 0 Å². The minimum absolute atomic E-state index is 0.0345. The third-order valence-corrected chi connectivity index (χ3v) is 9.26. The first-order valence-corrected chi connectivity index (χ1v) is 13.8. The van der Waals surface area contributed by atoms with Crippen molar-refractivity contribution in [3.8, 4) is 0 Å². The molecule has 2 bridgehead atoms. The SMILES string of the molecule is CC(C)=CC[C@H]1C[C@@]2(C)C(=O)[C@](C(=O)C(C)C)(C(=O)C3=C2O[C@H](C(C)(C)O)C3)[C@]1(C)CCCC(C)C. The molecule has 0 aromatic rings. The standard InChI is InChI=1S/C31H48O5/c1-18(2)12-11-15-30(10)21(14-13-19(3)4)17-29(9)26-22(16-23(36-26)28(7,8)35)25(33)31(30,27(29)34)24(32)20(5)6/h13,18,20-21,23,35H,11-12,14-17H2,1-10H3/t21-,23-,29+,30+,31-/m0/s1. The van der Waals surface area contributed by atoms with Gasteiger partial charge in [-0.15, -0.1) is 0 Å². The molecule has 1 saturated carbocycles. The molecule has 1 heterocycles. The molecule has 0 spiro atoms. The lowest BCUT2D eigenvalue weighted by molar-refractivity contribution is -0.180. The Balaban J connectivity index is 2.30. The predicted molar refractivity (Wildman–Crippen MR) is 142 cm³/mol. The van der Waals surface area contributed by atoms with Crippen LogP contribution in [0.25, 0.3) is 0 Å². The van der Waals surface area contributed by atoms with Crippen LogP contribution < -0.4 is 0 Å². The number of ketones is 3. The minimum Gasteiger partial charge on any atom is -0.490 e. The molecule has 3 aliphatic rings. The van der Waals surface area contributed by atoms with E-state index < -0.39 is 33.9 Å². The van der Waals surface area contributed by atoms with Crippen LogP contribution in [0.15, 0.2) is 23.0 Å². The molecule has 202 valence electrons. The molecule has 0 radical (unpaired) electrons. The first kappa shape index (κ1) is 28.8. The van der Waals surface area contributed by atoms with Gasteiger partial charge in [0.15, 0.2) is 22.8 Å². The molecule has 1 aliphatic heterocycles. The average Bonchev–Trinajstić information content (AvgIpc) is 3.21. The molecule has 5 heteroatoms. The number of Topliss-reactive ketones (excluding diaryl/α,β-unsaturated/α-hetero) is 3. The monoisotopic (exact) mass is 500 g/mol. The minimum atomic E-state index is -1.72. The number of ether oxygens (including phenoxy) is 1. The molecule has 0 unspecified atom stereocenters. The zero-order valence-corrected chi connectivity index (χ0v) is 24.2. The Kier molecular flexibility index (Phi) is 7.63. The van der Waals surface area contributed by atoms with Crippen LogP contribution in [0, 0.1) is 34.0 Å². The number of carbonyl (C=O) groups is 3. The van der Waals surface area contributed by atoms with Crippen molar-refractivity contribution < 1.29 is 24.2 Å². The van der Waals surface area contributed by atoms with Crippen LogP contribution in [0.5, 0.6) is 0 Å². The van der Waals surface area contributed by atoms with E-state index in [0.717, 1.165) is 12.8 Å². The summed E-state index contributed by atoms with van der Waals surface area (Å²) in [6.07, 6.45) is 5.53. The van der Waals surface area contributed by atoms with Crippen molar-refractivity contribution in [1.29, 1.82) is 0 Å². The van der Waals surface area contributed by atoms with E-state index in [1.165, 1.54) is 5.57 Å². The van der Waals surface area contributed by atoms with Crippen LogP contribution in [0.4, 0.5) is 0 Å². The van der Waals surface area contributed by atoms with Gasteiger partial charge in [0.05, 0.1) is 11.0 Å². The van der Waals surface area contributed by atoms with Gasteiger partial charge in [0.1, 0.15) is 11.9 Å². The molecule has 0 amide bonds. The third-order valence-electron chi connectivity index (χ3n) is 9.26. The molecule has 1 N–H and O–H groups in total. The Morgan fingerprint density at radius 1 is 1.17 bits per heavy atom. The summed E-state index contributed by atoms with van der Waals surface area (Å²) in [4.78, 5) is 43.6. The van der Waals surface area contributed by atoms with Crippen LogP contribution in [0.3, 0.4) is 0 Å². The number of hydrogen-bond acceptors (Lipinski definition) is 5. The van der Waals surface area contributed by atoms with E-state index >= 15 is 0 Å². The predicted octanol–water partition coefficient (Wildman–Crippen LogP) is 6.38. The summed E-state index contributed by atoms with van der Waals surface area (Å²) in [5.41, 5.74) is -3.13. The summed E-state index contributed by atoms with van der Waals surface area (Å²) >= 11 is 0. The zero-order chi connectivity index (χ0) is 27.4. The van der Waals surface area contributed by atoms with Crippen LogP contribution in [0.1, 0.15) is 108 Å². The van der Waals surface area contributed by atoms with E-state index in [-0.39, 0.29) is 29.7 Å². The van der Waals surface area contributed by atoms with Gasteiger partial charge in [-0.3, -0.25) is 14.4 Å². The van der Waals surface area contributed by atoms with E-state index in [1.54, 1.807) is 27.7 Å². The first-order valence-electron chi connectivity index (χ1n) is 13.8. The molecule has 5 atom stereocenters. The highest BCUT2D eigenvalue weighted by molar-refractivity contribution is 6.33. The second-order valence-corrected chi connectivity index (χ2v) is 13.7. The lowest BCUT2D eigenvalue weighted by Gasteiger charge is -2.60. The lowest BCUT2D eigenvalue weighted by Crippen LogP contribution is -2.70. The van der Waals surface area contributed by atoms with Crippen molar-refractivity contribution in [3.63, 3.8) is 0 Å². The number of aliphatic hydroxyl groups is 1. The molecule has 3 rings (SSSR count). The number of carbonyl (C=O) groups excluding carboxylic acids is 3. The van der Waals surface area contributed by atoms with Gasteiger partial charge in [0, 0.05) is 17.9 Å². The van der Waals surface area contributed by atoms with E-state index in [4.69, 9.17) is 4.74 Å². The summed E-state index contributed by atoms with van der Waals surface area (Å²) < 4.78 is 6.26. The molecule has 36 heavy (non-hydrogen) atoms. The first-order chi connectivity index (χ1) is 16.4. The molecule has 0 aromatic carbocycles. The normalized spacial score (nSPS) is 34.2. The Morgan fingerprint density at radius 3 is 2.28 bits per heavy atom. The molecule has 1 fully saturated rings. The largest absolute Gasteiger partial charge is 0.490 e. The van der Waals surface area contributed by atoms with Crippen molar-refractivity contribution in [3.05, 3.63) is 23.0 Å². The average molecular weight is 501 g/mol. The molecule has 5 nitrogen and oxygen atoms in total. The second-order valence-electron chi connectivity index (χ2n) is 13.7. The maximum Gasteiger partial charge on any atom is 0.184 e. The number of allylic oxidation sites excluding steroid dienone is 3. The number of hydrogen-bond donors (Lipinski definition) is 1. The summed E-state index contributed by atoms with van der Waals surface area (Å²) in [7, 11) is 0. The highest BCUT2D eigenvalue weighted by atomic mass is 16.5. The summed E-state index contributed by atoms with van der Waals surface area (Å²) in [6.45, 7) is 19.3. The zero-order valence-electron chi connectivity index (χ0n) is 24.2. The highest BCUT2D eigenvalue weighted by Gasteiger charge is 2.76. The van der Waals surface area contributed by atoms with Gasteiger partial charge in [-0.2, -0.15) is 0 Å². The Morgan fingerprint density at radius 2 is 1.78 bits per heavy atom. The summed E-state index contributed by atoms with van der Waals surface area (Å²) in [5, 5.41) is 10.7. The van der Waals surface area contributed by atoms with E-state index in [0.29, 0.717) is 36.5 Å². The van der Waals surface area contributed by atoms with Crippen molar-refractivity contribution in [2.75, 3.05) is 0 Å². The topological polar surface area (TPSA) is 80.7 Å². The smallest absolute Gasteiger partial charge is 0.184 e. The number of rotatable bonds is 9. The lowest BCUT2D eigenvalue weighted by atomic mass is 9.38. The molecular formula is C31H48O5. The van der Waals surface area contributed by atoms with Gasteiger partial charge in [-0.1, -0.05) is 59.1 Å². The van der Waals surface area contributed by atoms with Gasteiger partial charge in [-0.25, -0.2) is 0 Å².